The van der Waals surface area contributed by atoms with Gasteiger partial charge >= 0.3 is 0 Å². The third-order valence-electron chi connectivity index (χ3n) is 1.64. The van der Waals surface area contributed by atoms with E-state index in [1.165, 1.54) is 10.9 Å². The van der Waals surface area contributed by atoms with Gasteiger partial charge in [-0.1, -0.05) is 23.2 Å². The molecular formula is C8H6Cl2N4. The van der Waals surface area contributed by atoms with Gasteiger partial charge in [-0.2, -0.15) is 5.10 Å². The summed E-state index contributed by atoms with van der Waals surface area (Å²) in [5.74, 6) is 0.476. The summed E-state index contributed by atoms with van der Waals surface area (Å²) in [5, 5.41) is 4.85. The molecule has 2 heterocycles. The average Bonchev–Trinajstić information content (AvgIpc) is 2.56. The van der Waals surface area contributed by atoms with Gasteiger partial charge in [-0.15, -0.1) is 0 Å². The Balaban J connectivity index is 2.55. The minimum Gasteiger partial charge on any atom is -0.396 e. The van der Waals surface area contributed by atoms with Crippen LogP contribution in [0.5, 0.6) is 0 Å². The van der Waals surface area contributed by atoms with E-state index < -0.39 is 0 Å². The molecule has 0 atom stereocenters. The average molecular weight is 229 g/mol. The van der Waals surface area contributed by atoms with Crippen LogP contribution in [0.3, 0.4) is 0 Å². The highest BCUT2D eigenvalue weighted by molar-refractivity contribution is 6.30. The topological polar surface area (TPSA) is 56.7 Å². The zero-order valence-electron chi connectivity index (χ0n) is 6.98. The maximum absolute atomic E-state index is 5.73. The van der Waals surface area contributed by atoms with Gasteiger partial charge in [0.2, 0.25) is 0 Å². The number of rotatable bonds is 1. The summed E-state index contributed by atoms with van der Waals surface area (Å²) in [6.07, 6.45) is 3.11. The highest BCUT2D eigenvalue weighted by Gasteiger charge is 2.05. The first-order valence-corrected chi connectivity index (χ1v) is 4.55. The quantitative estimate of drug-likeness (QED) is 0.762. The van der Waals surface area contributed by atoms with Gasteiger partial charge < -0.3 is 5.73 Å². The Kier molecular flexibility index (Phi) is 2.31. The van der Waals surface area contributed by atoms with Gasteiger partial charge in [0.1, 0.15) is 5.15 Å². The Morgan fingerprint density at radius 2 is 2.07 bits per heavy atom. The Bertz CT molecular complexity index is 466. The molecule has 4 nitrogen and oxygen atoms in total. The first-order chi connectivity index (χ1) is 6.66. The summed E-state index contributed by atoms with van der Waals surface area (Å²) in [7, 11) is 0. The molecule has 2 aromatic heterocycles. The fourth-order valence-electron chi connectivity index (χ4n) is 1.04. The molecule has 0 saturated carbocycles. The fourth-order valence-corrected chi connectivity index (χ4v) is 1.32. The monoisotopic (exact) mass is 228 g/mol. The van der Waals surface area contributed by atoms with Crippen LogP contribution in [0.2, 0.25) is 10.2 Å². The lowest BCUT2D eigenvalue weighted by Gasteiger charge is -2.03. The van der Waals surface area contributed by atoms with E-state index >= 15 is 0 Å². The summed E-state index contributed by atoms with van der Waals surface area (Å²) >= 11 is 11.5. The van der Waals surface area contributed by atoms with Crippen LogP contribution in [0.25, 0.3) is 5.82 Å². The van der Waals surface area contributed by atoms with Gasteiger partial charge in [0.25, 0.3) is 0 Å². The molecule has 0 radical (unpaired) electrons. The predicted octanol–water partition coefficient (Wildman–Crippen LogP) is 2.16. The van der Waals surface area contributed by atoms with Crippen molar-refractivity contribution in [1.29, 1.82) is 0 Å². The molecule has 0 spiro atoms. The molecule has 14 heavy (non-hydrogen) atoms. The fraction of sp³-hybridized carbons (Fsp3) is 0. The van der Waals surface area contributed by atoms with Crippen LogP contribution < -0.4 is 5.73 Å². The summed E-state index contributed by atoms with van der Waals surface area (Å²) in [6, 6.07) is 3.28. The van der Waals surface area contributed by atoms with E-state index in [9.17, 15) is 0 Å². The van der Waals surface area contributed by atoms with Crippen molar-refractivity contribution < 1.29 is 0 Å². The van der Waals surface area contributed by atoms with Gasteiger partial charge in [0.05, 0.1) is 23.1 Å². The Morgan fingerprint density at radius 3 is 2.71 bits per heavy atom. The largest absolute Gasteiger partial charge is 0.396 e. The van der Waals surface area contributed by atoms with E-state index in [0.717, 1.165) is 0 Å². The van der Waals surface area contributed by atoms with Crippen molar-refractivity contribution in [3.63, 3.8) is 0 Å². The highest BCUT2D eigenvalue weighted by atomic mass is 35.5. The summed E-state index contributed by atoms with van der Waals surface area (Å²) in [5.41, 5.74) is 6.20. The van der Waals surface area contributed by atoms with E-state index in [-0.39, 0.29) is 0 Å². The number of aromatic nitrogens is 3. The second-order valence-electron chi connectivity index (χ2n) is 2.65. The third kappa shape index (κ3) is 1.66. The van der Waals surface area contributed by atoms with Crippen molar-refractivity contribution in [2.45, 2.75) is 0 Å². The summed E-state index contributed by atoms with van der Waals surface area (Å²) < 4.78 is 1.48. The number of nitrogens with zero attached hydrogens (tertiary/aromatic N) is 3. The Morgan fingerprint density at radius 1 is 1.29 bits per heavy atom. The first-order valence-electron chi connectivity index (χ1n) is 3.79. The molecule has 0 aliphatic carbocycles. The van der Waals surface area contributed by atoms with E-state index in [1.54, 1.807) is 18.3 Å². The summed E-state index contributed by atoms with van der Waals surface area (Å²) in [6.45, 7) is 0. The summed E-state index contributed by atoms with van der Waals surface area (Å²) in [4.78, 5) is 4.04. The van der Waals surface area contributed by atoms with Crippen LogP contribution >= 0.6 is 23.2 Å². The van der Waals surface area contributed by atoms with E-state index in [2.05, 4.69) is 10.1 Å². The minimum atomic E-state index is 0.362. The minimum absolute atomic E-state index is 0.362. The Hall–Kier alpha value is -1.26. The molecule has 0 fully saturated rings. The predicted molar refractivity (Wildman–Crippen MR) is 55.8 cm³/mol. The van der Waals surface area contributed by atoms with Gasteiger partial charge in [-0.25, -0.2) is 9.67 Å². The van der Waals surface area contributed by atoms with Crippen molar-refractivity contribution in [3.05, 3.63) is 34.7 Å². The molecule has 0 aliphatic rings. The van der Waals surface area contributed by atoms with Crippen LogP contribution in [0.4, 0.5) is 5.69 Å². The van der Waals surface area contributed by atoms with Crippen molar-refractivity contribution in [1.82, 2.24) is 14.8 Å². The van der Waals surface area contributed by atoms with Crippen molar-refractivity contribution in [2.75, 3.05) is 5.73 Å². The van der Waals surface area contributed by atoms with Gasteiger partial charge in [0.15, 0.2) is 5.82 Å². The van der Waals surface area contributed by atoms with Crippen LogP contribution in [-0.2, 0) is 0 Å². The molecule has 2 aromatic rings. The second kappa shape index (κ2) is 3.48. The van der Waals surface area contributed by atoms with Gasteiger partial charge in [0, 0.05) is 0 Å². The highest BCUT2D eigenvalue weighted by Crippen LogP contribution is 2.18. The first kappa shape index (κ1) is 9.30. The van der Waals surface area contributed by atoms with Crippen LogP contribution in [0.15, 0.2) is 24.5 Å². The van der Waals surface area contributed by atoms with E-state index in [4.69, 9.17) is 28.9 Å². The number of hydrogen-bond acceptors (Lipinski definition) is 3. The lowest BCUT2D eigenvalue weighted by atomic mass is 10.4. The number of nitrogens with two attached hydrogens (primary N) is 1. The lowest BCUT2D eigenvalue weighted by molar-refractivity contribution is 0.850. The van der Waals surface area contributed by atoms with Crippen LogP contribution in [0.1, 0.15) is 0 Å². The smallest absolute Gasteiger partial charge is 0.178 e. The van der Waals surface area contributed by atoms with Crippen molar-refractivity contribution >= 4 is 28.9 Å². The second-order valence-corrected chi connectivity index (χ2v) is 3.47. The molecule has 0 aliphatic heterocycles. The zero-order chi connectivity index (χ0) is 10.1. The zero-order valence-corrected chi connectivity index (χ0v) is 8.50. The van der Waals surface area contributed by atoms with Crippen LogP contribution in [-0.4, -0.2) is 14.8 Å². The third-order valence-corrected chi connectivity index (χ3v) is 2.05. The van der Waals surface area contributed by atoms with Gasteiger partial charge in [-0.3, -0.25) is 0 Å². The molecule has 0 amide bonds. The number of halogens is 2. The van der Waals surface area contributed by atoms with Gasteiger partial charge in [-0.05, 0) is 12.1 Å². The molecular weight excluding hydrogens is 223 g/mol. The van der Waals surface area contributed by atoms with E-state index in [0.29, 0.717) is 21.7 Å². The van der Waals surface area contributed by atoms with E-state index in [1.807, 2.05) is 0 Å². The number of anilines is 1. The molecule has 6 heteroatoms. The normalized spacial score (nSPS) is 10.4. The van der Waals surface area contributed by atoms with Crippen LogP contribution in [0, 0.1) is 0 Å². The van der Waals surface area contributed by atoms with Crippen molar-refractivity contribution in [3.8, 4) is 5.82 Å². The molecule has 0 unspecified atom stereocenters. The number of nitrogen functional groups attached to an aromatic ring is 1. The number of pyridine rings is 1. The molecule has 2 rings (SSSR count). The molecule has 0 bridgehead atoms. The number of hydrogen-bond donors (Lipinski definition) is 1. The molecule has 2 N–H and O–H groups in total. The standard InChI is InChI=1S/C8H6Cl2N4/c9-5-3-12-14(4-5)8-6(11)1-2-7(10)13-8/h1-4H,11H2. The molecule has 72 valence electrons. The maximum Gasteiger partial charge on any atom is 0.178 e. The Labute approximate surface area is 90.3 Å². The van der Waals surface area contributed by atoms with Crippen molar-refractivity contribution in [2.24, 2.45) is 0 Å². The maximum atomic E-state index is 5.73. The molecule has 0 saturated heterocycles. The lowest BCUT2D eigenvalue weighted by Crippen LogP contribution is -2.02. The SMILES string of the molecule is Nc1ccc(Cl)nc1-n1cc(Cl)cn1. The molecule has 0 aromatic carbocycles.